The molecule has 1 saturated heterocycles. The molecule has 1 fully saturated rings. The van der Waals surface area contributed by atoms with E-state index >= 15 is 0 Å². The first-order valence-corrected chi connectivity index (χ1v) is 11.6. The Morgan fingerprint density at radius 3 is 2.59 bits per heavy atom. The number of sulfonamides is 1. The molecule has 1 aromatic carbocycles. The van der Waals surface area contributed by atoms with E-state index in [1.165, 1.54) is 10.4 Å². The third-order valence-corrected chi connectivity index (χ3v) is 7.68. The molecule has 1 aliphatic heterocycles. The maximum atomic E-state index is 12.6. The Morgan fingerprint density at radius 1 is 1.10 bits per heavy atom. The summed E-state index contributed by atoms with van der Waals surface area (Å²) < 4.78 is 32.1. The first kappa shape index (κ1) is 21.4. The average Bonchev–Trinajstić information content (AvgIpc) is 3.42. The maximum absolute atomic E-state index is 12.6. The molecule has 156 valence electrons. The number of ether oxygens (including phenoxy) is 1. The smallest absolute Gasteiger partial charge is 0.309 e. The molecule has 1 unspecified atom stereocenters. The lowest BCUT2D eigenvalue weighted by Gasteiger charge is -2.22. The maximum Gasteiger partial charge on any atom is 0.309 e. The van der Waals surface area contributed by atoms with E-state index in [0.29, 0.717) is 13.0 Å². The zero-order valence-electron chi connectivity index (χ0n) is 15.7. The summed E-state index contributed by atoms with van der Waals surface area (Å²) in [6.45, 7) is 0.712. The Bertz CT molecular complexity index is 917. The molecule has 0 saturated carbocycles. The average molecular weight is 438 g/mol. The molecule has 0 spiro atoms. The molecule has 1 aromatic heterocycles. The van der Waals surface area contributed by atoms with Crippen molar-refractivity contribution in [1.29, 1.82) is 0 Å². The van der Waals surface area contributed by atoms with Crippen LogP contribution in [0.2, 0.25) is 0 Å². The van der Waals surface area contributed by atoms with Gasteiger partial charge in [-0.05, 0) is 29.9 Å². The van der Waals surface area contributed by atoms with Crippen molar-refractivity contribution < 1.29 is 22.7 Å². The topological polar surface area (TPSA) is 105 Å². The van der Waals surface area contributed by atoms with Crippen LogP contribution in [0, 0.1) is 0 Å². The summed E-state index contributed by atoms with van der Waals surface area (Å²) in [5, 5.41) is 6.70. The molecule has 2 heterocycles. The number of benzene rings is 1. The van der Waals surface area contributed by atoms with Crippen molar-refractivity contribution in [3.8, 4) is 0 Å². The third kappa shape index (κ3) is 5.63. The van der Waals surface area contributed by atoms with E-state index in [1.807, 2.05) is 30.3 Å². The standard InChI is InChI=1S/C19H23N3O5S2/c23-18(20-10-4-8-15-6-2-1-3-7-15)19(24)21-14-16-22(11-12-27-16)29(25,26)17-9-5-13-28-17/h1-3,5-7,9,13,16H,4,8,10-12,14H2,(H,20,23)(H,21,24). The monoisotopic (exact) mass is 437 g/mol. The zero-order valence-corrected chi connectivity index (χ0v) is 17.4. The highest BCUT2D eigenvalue weighted by molar-refractivity contribution is 7.91. The second-order valence-corrected chi connectivity index (χ2v) is 9.49. The van der Waals surface area contributed by atoms with Gasteiger partial charge < -0.3 is 15.4 Å². The Hall–Kier alpha value is -2.27. The van der Waals surface area contributed by atoms with Crippen LogP contribution in [0.3, 0.4) is 0 Å². The van der Waals surface area contributed by atoms with Crippen molar-refractivity contribution in [1.82, 2.24) is 14.9 Å². The molecule has 8 nitrogen and oxygen atoms in total. The van der Waals surface area contributed by atoms with Gasteiger partial charge in [0.15, 0.2) is 0 Å². The first-order chi connectivity index (χ1) is 14.0. The lowest BCUT2D eigenvalue weighted by atomic mass is 10.1. The number of aryl methyl sites for hydroxylation is 1. The number of nitrogens with one attached hydrogen (secondary N) is 2. The Balaban J connectivity index is 1.42. The second kappa shape index (κ2) is 9.97. The number of amides is 2. The van der Waals surface area contributed by atoms with Gasteiger partial charge >= 0.3 is 11.8 Å². The predicted octanol–water partition coefficient (Wildman–Crippen LogP) is 0.960. The van der Waals surface area contributed by atoms with Gasteiger partial charge in [-0.1, -0.05) is 36.4 Å². The van der Waals surface area contributed by atoms with Gasteiger partial charge in [0.25, 0.3) is 10.0 Å². The number of carbonyl (C=O) groups is 2. The highest BCUT2D eigenvalue weighted by Crippen LogP contribution is 2.25. The van der Waals surface area contributed by atoms with Gasteiger partial charge in [-0.25, -0.2) is 8.42 Å². The van der Waals surface area contributed by atoms with Crippen LogP contribution < -0.4 is 10.6 Å². The van der Waals surface area contributed by atoms with Gasteiger partial charge in [0.2, 0.25) is 0 Å². The van der Waals surface area contributed by atoms with E-state index in [0.717, 1.165) is 23.3 Å². The van der Waals surface area contributed by atoms with Crippen molar-refractivity contribution >= 4 is 33.2 Å². The van der Waals surface area contributed by atoms with E-state index in [-0.39, 0.29) is 23.9 Å². The van der Waals surface area contributed by atoms with Gasteiger partial charge in [0.05, 0.1) is 13.2 Å². The SMILES string of the molecule is O=C(NCCCc1ccccc1)C(=O)NCC1OCCN1S(=O)(=O)c1cccs1. The molecular formula is C19H23N3O5S2. The van der Waals surface area contributed by atoms with E-state index in [2.05, 4.69) is 10.6 Å². The van der Waals surface area contributed by atoms with Crippen LogP contribution in [0.5, 0.6) is 0 Å². The number of rotatable bonds is 8. The van der Waals surface area contributed by atoms with Crippen LogP contribution in [-0.2, 0) is 30.8 Å². The normalized spacial score (nSPS) is 17.2. The summed E-state index contributed by atoms with van der Waals surface area (Å²) >= 11 is 1.12. The summed E-state index contributed by atoms with van der Waals surface area (Å²) in [6.07, 6.45) is 0.674. The largest absolute Gasteiger partial charge is 0.359 e. The van der Waals surface area contributed by atoms with E-state index in [1.54, 1.807) is 11.4 Å². The molecule has 1 atom stereocenters. The van der Waals surface area contributed by atoms with Crippen LogP contribution in [0.4, 0.5) is 0 Å². The van der Waals surface area contributed by atoms with Crippen LogP contribution in [0.25, 0.3) is 0 Å². The number of hydrogen-bond donors (Lipinski definition) is 2. The van der Waals surface area contributed by atoms with Crippen molar-refractivity contribution in [2.45, 2.75) is 23.3 Å². The summed E-state index contributed by atoms with van der Waals surface area (Å²) in [7, 11) is -3.68. The van der Waals surface area contributed by atoms with E-state index in [4.69, 9.17) is 4.74 Å². The van der Waals surface area contributed by atoms with Crippen molar-refractivity contribution in [3.63, 3.8) is 0 Å². The predicted molar refractivity (Wildman–Crippen MR) is 109 cm³/mol. The van der Waals surface area contributed by atoms with Gasteiger partial charge in [-0.3, -0.25) is 9.59 Å². The Labute approximate surface area is 173 Å². The lowest BCUT2D eigenvalue weighted by Crippen LogP contribution is -2.47. The fraction of sp³-hybridized carbons (Fsp3) is 0.368. The number of hydrogen-bond acceptors (Lipinski definition) is 6. The molecule has 29 heavy (non-hydrogen) atoms. The zero-order chi connectivity index (χ0) is 20.7. The highest BCUT2D eigenvalue weighted by Gasteiger charge is 2.37. The van der Waals surface area contributed by atoms with Gasteiger partial charge in [-0.15, -0.1) is 11.3 Å². The quantitative estimate of drug-likeness (QED) is 0.473. The molecule has 2 N–H and O–H groups in total. The molecule has 2 aromatic rings. The van der Waals surface area contributed by atoms with Gasteiger partial charge in [0, 0.05) is 13.1 Å². The first-order valence-electron chi connectivity index (χ1n) is 9.25. The summed E-state index contributed by atoms with van der Waals surface area (Å²) in [4.78, 5) is 23.9. The fourth-order valence-corrected chi connectivity index (χ4v) is 5.58. The minimum Gasteiger partial charge on any atom is -0.359 e. The molecule has 2 amide bonds. The lowest BCUT2D eigenvalue weighted by molar-refractivity contribution is -0.139. The van der Waals surface area contributed by atoms with Gasteiger partial charge in [0.1, 0.15) is 10.4 Å². The molecule has 10 heteroatoms. The number of nitrogens with zero attached hydrogens (tertiary/aromatic N) is 1. The summed E-state index contributed by atoms with van der Waals surface area (Å²) in [5.41, 5.74) is 1.16. The minimum absolute atomic E-state index is 0.0964. The Kier molecular flexibility index (Phi) is 7.37. The molecule has 3 rings (SSSR count). The molecule has 1 aliphatic rings. The van der Waals surface area contributed by atoms with E-state index in [9.17, 15) is 18.0 Å². The van der Waals surface area contributed by atoms with Crippen molar-refractivity contribution in [3.05, 3.63) is 53.4 Å². The second-order valence-electron chi connectivity index (χ2n) is 6.43. The van der Waals surface area contributed by atoms with Crippen LogP contribution in [0.15, 0.2) is 52.1 Å². The minimum atomic E-state index is -3.68. The fourth-order valence-electron chi connectivity index (χ4n) is 2.95. The molecule has 0 bridgehead atoms. The van der Waals surface area contributed by atoms with Crippen LogP contribution in [-0.4, -0.2) is 57.0 Å². The van der Waals surface area contributed by atoms with E-state index < -0.39 is 28.1 Å². The third-order valence-electron chi connectivity index (χ3n) is 4.42. The van der Waals surface area contributed by atoms with Crippen molar-refractivity contribution in [2.24, 2.45) is 0 Å². The molecule has 0 radical (unpaired) electrons. The summed E-state index contributed by atoms with van der Waals surface area (Å²) in [6, 6.07) is 13.0. The molecule has 0 aliphatic carbocycles. The number of carbonyl (C=O) groups excluding carboxylic acids is 2. The molecular weight excluding hydrogens is 414 g/mol. The van der Waals surface area contributed by atoms with Crippen molar-refractivity contribution in [2.75, 3.05) is 26.2 Å². The number of thiophene rings is 1. The Morgan fingerprint density at radius 2 is 1.86 bits per heavy atom. The van der Waals surface area contributed by atoms with Crippen LogP contribution in [0.1, 0.15) is 12.0 Å². The summed E-state index contributed by atoms with van der Waals surface area (Å²) in [5.74, 6) is -1.56. The van der Waals surface area contributed by atoms with Crippen LogP contribution >= 0.6 is 11.3 Å². The highest BCUT2D eigenvalue weighted by atomic mass is 32.2. The van der Waals surface area contributed by atoms with Gasteiger partial charge in [-0.2, -0.15) is 4.31 Å².